The summed E-state index contributed by atoms with van der Waals surface area (Å²) in [5.74, 6) is -1.01. The predicted octanol–water partition coefficient (Wildman–Crippen LogP) is 5.08. The highest BCUT2D eigenvalue weighted by Gasteiger charge is 2.35. The molecule has 162 valence electrons. The summed E-state index contributed by atoms with van der Waals surface area (Å²) in [7, 11) is 0. The summed E-state index contributed by atoms with van der Waals surface area (Å²) in [5, 5.41) is 0. The van der Waals surface area contributed by atoms with Gasteiger partial charge in [-0.1, -0.05) is 64.5 Å². The van der Waals surface area contributed by atoms with Gasteiger partial charge in [-0.15, -0.1) is 0 Å². The van der Waals surface area contributed by atoms with Crippen LogP contribution in [0.1, 0.15) is 48.6 Å². The van der Waals surface area contributed by atoms with Gasteiger partial charge in [0.1, 0.15) is 0 Å². The quantitative estimate of drug-likeness (QED) is 0.250. The van der Waals surface area contributed by atoms with Gasteiger partial charge in [0.05, 0.1) is 23.3 Å². The zero-order valence-corrected chi connectivity index (χ0v) is 19.0. The van der Waals surface area contributed by atoms with Gasteiger partial charge in [0.2, 0.25) is 0 Å². The van der Waals surface area contributed by atoms with E-state index in [0.29, 0.717) is 23.1 Å². The zero-order chi connectivity index (χ0) is 22.5. The first kappa shape index (κ1) is 22.0. The highest BCUT2D eigenvalue weighted by Crippen LogP contribution is 2.26. The van der Waals surface area contributed by atoms with E-state index in [1.165, 1.54) is 10.5 Å². The number of rotatable bonds is 8. The minimum atomic E-state index is -0.389. The Balaban J connectivity index is 1.30. The van der Waals surface area contributed by atoms with Gasteiger partial charge in [-0.05, 0) is 54.7 Å². The predicted molar refractivity (Wildman–Crippen MR) is 125 cm³/mol. The molecule has 0 unspecified atom stereocenters. The maximum absolute atomic E-state index is 12.6. The summed E-state index contributed by atoms with van der Waals surface area (Å²) in [6.45, 7) is 0.329. The maximum Gasteiger partial charge on any atom is 0.338 e. The molecule has 0 spiro atoms. The van der Waals surface area contributed by atoms with Crippen molar-refractivity contribution in [1.82, 2.24) is 4.90 Å². The molecule has 0 saturated carbocycles. The Hall–Kier alpha value is -3.25. The van der Waals surface area contributed by atoms with Gasteiger partial charge in [0.15, 0.2) is 0 Å². The highest BCUT2D eigenvalue weighted by atomic mass is 79.9. The van der Waals surface area contributed by atoms with Crippen LogP contribution in [0.2, 0.25) is 0 Å². The number of carbonyl (C=O) groups excluding carboxylic acids is 3. The molecule has 1 heterocycles. The number of hydrogen-bond acceptors (Lipinski definition) is 4. The number of halogens is 1. The molecule has 0 radical (unpaired) electrons. The molecule has 3 aromatic rings. The second-order valence-electron chi connectivity index (χ2n) is 7.58. The number of fused-ring (bicyclic) bond motifs is 1. The Kier molecular flexibility index (Phi) is 6.81. The molecule has 3 aromatic carbocycles. The molecule has 0 saturated heterocycles. The monoisotopic (exact) mass is 491 g/mol. The van der Waals surface area contributed by atoms with Gasteiger partial charge in [-0.25, -0.2) is 4.79 Å². The second-order valence-corrected chi connectivity index (χ2v) is 8.50. The van der Waals surface area contributed by atoms with Crippen molar-refractivity contribution < 1.29 is 19.1 Å². The van der Waals surface area contributed by atoms with E-state index in [4.69, 9.17) is 4.74 Å². The minimum absolute atomic E-state index is 0.128. The number of hydrogen-bond donors (Lipinski definition) is 0. The van der Waals surface area contributed by atoms with Gasteiger partial charge in [0.25, 0.3) is 11.8 Å². The Bertz CT molecular complexity index is 1160. The summed E-state index contributed by atoms with van der Waals surface area (Å²) in [6, 6.07) is 22.6. The molecule has 0 fully saturated rings. The van der Waals surface area contributed by atoms with Crippen LogP contribution in [0, 0.1) is 0 Å². The number of benzene rings is 3. The maximum atomic E-state index is 12.6. The van der Waals surface area contributed by atoms with Crippen LogP contribution >= 0.6 is 15.9 Å². The number of esters is 1. The van der Waals surface area contributed by atoms with E-state index in [9.17, 15) is 14.4 Å². The van der Waals surface area contributed by atoms with Crippen molar-refractivity contribution in [3.63, 3.8) is 0 Å². The lowest BCUT2D eigenvalue weighted by molar-refractivity contribution is 0.0481. The number of aryl methyl sites for hydroxylation is 2. The molecule has 32 heavy (non-hydrogen) atoms. The molecule has 0 atom stereocenters. The molecule has 6 heteroatoms. The summed E-state index contributed by atoms with van der Waals surface area (Å²) < 4.78 is 6.20. The van der Waals surface area contributed by atoms with Crippen molar-refractivity contribution in [2.45, 2.75) is 19.3 Å². The van der Waals surface area contributed by atoms with E-state index in [0.717, 1.165) is 22.9 Å². The Morgan fingerprint density at radius 3 is 2.38 bits per heavy atom. The summed E-state index contributed by atoms with van der Waals surface area (Å²) >= 11 is 3.32. The SMILES string of the molecule is O=C(OCCCN1C(=O)c2ccc(Br)cc2C1=O)c1ccccc1CCc1ccccc1. The molecule has 2 amide bonds. The van der Waals surface area contributed by atoms with E-state index in [1.54, 1.807) is 24.3 Å². The van der Waals surface area contributed by atoms with Gasteiger partial charge in [-0.3, -0.25) is 14.5 Å². The van der Waals surface area contributed by atoms with E-state index >= 15 is 0 Å². The van der Waals surface area contributed by atoms with Crippen LogP contribution in [-0.4, -0.2) is 35.8 Å². The van der Waals surface area contributed by atoms with E-state index in [2.05, 4.69) is 28.1 Å². The van der Waals surface area contributed by atoms with Crippen LogP contribution in [-0.2, 0) is 17.6 Å². The number of imide groups is 1. The van der Waals surface area contributed by atoms with E-state index in [-0.39, 0.29) is 30.9 Å². The standard InChI is InChI=1S/C26H22BrNO4/c27-20-13-14-22-23(17-20)25(30)28(24(22)29)15-6-16-32-26(31)21-10-5-4-9-19(21)12-11-18-7-2-1-3-8-18/h1-5,7-10,13-14,17H,6,11-12,15-16H2. The van der Waals surface area contributed by atoms with Gasteiger partial charge in [-0.2, -0.15) is 0 Å². The third-order valence-corrected chi connectivity index (χ3v) is 5.95. The summed E-state index contributed by atoms with van der Waals surface area (Å²) in [4.78, 5) is 38.9. The lowest BCUT2D eigenvalue weighted by Crippen LogP contribution is -2.31. The van der Waals surface area contributed by atoms with Gasteiger partial charge in [0, 0.05) is 11.0 Å². The number of amides is 2. The van der Waals surface area contributed by atoms with Crippen LogP contribution < -0.4 is 0 Å². The van der Waals surface area contributed by atoms with Crippen molar-refractivity contribution >= 4 is 33.7 Å². The van der Waals surface area contributed by atoms with Crippen LogP contribution in [0.25, 0.3) is 0 Å². The number of nitrogens with zero attached hydrogens (tertiary/aromatic N) is 1. The van der Waals surface area contributed by atoms with E-state index in [1.807, 2.05) is 36.4 Å². The fourth-order valence-electron chi connectivity index (χ4n) is 3.79. The van der Waals surface area contributed by atoms with Crippen molar-refractivity contribution in [2.24, 2.45) is 0 Å². The van der Waals surface area contributed by atoms with Crippen molar-refractivity contribution in [3.8, 4) is 0 Å². The first-order valence-electron chi connectivity index (χ1n) is 10.5. The largest absolute Gasteiger partial charge is 0.462 e. The molecule has 0 bridgehead atoms. The lowest BCUT2D eigenvalue weighted by atomic mass is 10.00. The highest BCUT2D eigenvalue weighted by molar-refractivity contribution is 9.10. The second kappa shape index (κ2) is 9.92. The summed E-state index contributed by atoms with van der Waals surface area (Å²) in [5.41, 5.74) is 3.50. The molecular weight excluding hydrogens is 470 g/mol. The fourth-order valence-corrected chi connectivity index (χ4v) is 4.15. The van der Waals surface area contributed by atoms with Gasteiger partial charge >= 0.3 is 5.97 Å². The van der Waals surface area contributed by atoms with E-state index < -0.39 is 0 Å². The van der Waals surface area contributed by atoms with Crippen molar-refractivity contribution in [3.05, 3.63) is 105 Å². The third kappa shape index (κ3) is 4.81. The average molecular weight is 492 g/mol. The summed E-state index contributed by atoms with van der Waals surface area (Å²) in [6.07, 6.45) is 1.95. The molecule has 0 aliphatic carbocycles. The zero-order valence-electron chi connectivity index (χ0n) is 17.4. The van der Waals surface area contributed by atoms with Crippen LogP contribution in [0.3, 0.4) is 0 Å². The number of carbonyl (C=O) groups is 3. The fraction of sp³-hybridized carbons (Fsp3) is 0.192. The Labute approximate surface area is 195 Å². The van der Waals surface area contributed by atoms with Gasteiger partial charge < -0.3 is 4.74 Å². The Morgan fingerprint density at radius 1 is 0.844 bits per heavy atom. The molecule has 0 aromatic heterocycles. The van der Waals surface area contributed by atoms with Crippen LogP contribution in [0.15, 0.2) is 77.3 Å². The molecule has 1 aliphatic rings. The first-order chi connectivity index (χ1) is 15.5. The molecule has 4 rings (SSSR count). The normalized spacial score (nSPS) is 12.7. The van der Waals surface area contributed by atoms with Crippen molar-refractivity contribution in [2.75, 3.05) is 13.2 Å². The molecule has 0 N–H and O–H groups in total. The number of ether oxygens (including phenoxy) is 1. The topological polar surface area (TPSA) is 63.7 Å². The van der Waals surface area contributed by atoms with Crippen LogP contribution in [0.5, 0.6) is 0 Å². The first-order valence-corrected chi connectivity index (χ1v) is 11.3. The smallest absolute Gasteiger partial charge is 0.338 e. The average Bonchev–Trinajstić information content (AvgIpc) is 3.05. The minimum Gasteiger partial charge on any atom is -0.462 e. The molecule has 5 nitrogen and oxygen atoms in total. The molecular formula is C26H22BrNO4. The van der Waals surface area contributed by atoms with Crippen LogP contribution in [0.4, 0.5) is 0 Å². The Morgan fingerprint density at radius 2 is 1.56 bits per heavy atom. The molecule has 1 aliphatic heterocycles. The third-order valence-electron chi connectivity index (χ3n) is 5.46. The lowest BCUT2D eigenvalue weighted by Gasteiger charge is -2.14. The van der Waals surface area contributed by atoms with Crippen molar-refractivity contribution in [1.29, 1.82) is 0 Å².